The van der Waals surface area contributed by atoms with E-state index in [1.165, 1.54) is 6.08 Å². The fraction of sp³-hybridized carbons (Fsp3) is 0.353. The second-order valence-electron chi connectivity index (χ2n) is 5.59. The van der Waals surface area contributed by atoms with E-state index in [4.69, 9.17) is 27.9 Å². The van der Waals surface area contributed by atoms with E-state index in [0.29, 0.717) is 15.6 Å². The standard InChI is InChI=1S/C17H18Cl2N2O4/c18-13-7-3-4-11(16(13)19)8-9-15(23)25-10-14(22)21-17(24)20-12-5-1-2-6-12/h3-4,7-9,12H,1-2,5-6,10H2,(H2,20,21,22,24)/b9-8+. The monoisotopic (exact) mass is 384 g/mol. The van der Waals surface area contributed by atoms with Crippen molar-refractivity contribution in [2.75, 3.05) is 6.61 Å². The van der Waals surface area contributed by atoms with Crippen molar-refractivity contribution in [1.82, 2.24) is 10.6 Å². The molecule has 1 aromatic rings. The summed E-state index contributed by atoms with van der Waals surface area (Å²) in [6.45, 7) is -0.551. The molecule has 6 nitrogen and oxygen atoms in total. The van der Waals surface area contributed by atoms with Gasteiger partial charge in [-0.25, -0.2) is 9.59 Å². The second-order valence-corrected chi connectivity index (χ2v) is 6.37. The Morgan fingerprint density at radius 1 is 1.20 bits per heavy atom. The number of hydrogen-bond acceptors (Lipinski definition) is 4. The first-order chi connectivity index (χ1) is 12.0. The van der Waals surface area contributed by atoms with Crippen LogP contribution in [0, 0.1) is 0 Å². The molecule has 0 spiro atoms. The SMILES string of the molecule is O=C(COC(=O)/C=C/c1cccc(Cl)c1Cl)NC(=O)NC1CCCC1. The predicted octanol–water partition coefficient (Wildman–Crippen LogP) is 3.32. The summed E-state index contributed by atoms with van der Waals surface area (Å²) >= 11 is 11.9. The largest absolute Gasteiger partial charge is 0.452 e. The molecular weight excluding hydrogens is 367 g/mol. The van der Waals surface area contributed by atoms with Gasteiger partial charge in [-0.1, -0.05) is 48.2 Å². The smallest absolute Gasteiger partial charge is 0.331 e. The van der Waals surface area contributed by atoms with Gasteiger partial charge in [0.25, 0.3) is 5.91 Å². The molecule has 8 heteroatoms. The third-order valence-electron chi connectivity index (χ3n) is 3.67. The van der Waals surface area contributed by atoms with Crippen LogP contribution in [0.25, 0.3) is 6.08 Å². The molecule has 1 aliphatic rings. The van der Waals surface area contributed by atoms with Crippen LogP contribution in [0.2, 0.25) is 10.0 Å². The quantitative estimate of drug-likeness (QED) is 0.602. The van der Waals surface area contributed by atoms with E-state index in [2.05, 4.69) is 10.6 Å². The molecule has 1 aliphatic carbocycles. The Bertz CT molecular complexity index is 685. The van der Waals surface area contributed by atoms with Gasteiger partial charge in [-0.15, -0.1) is 0 Å². The first-order valence-electron chi connectivity index (χ1n) is 7.85. The van der Waals surface area contributed by atoms with E-state index in [9.17, 15) is 14.4 Å². The highest BCUT2D eigenvalue weighted by atomic mass is 35.5. The molecule has 0 unspecified atom stereocenters. The zero-order chi connectivity index (χ0) is 18.2. The van der Waals surface area contributed by atoms with Crippen molar-refractivity contribution in [2.45, 2.75) is 31.7 Å². The van der Waals surface area contributed by atoms with Crippen LogP contribution in [0.5, 0.6) is 0 Å². The van der Waals surface area contributed by atoms with E-state index in [-0.39, 0.29) is 6.04 Å². The van der Waals surface area contributed by atoms with Crippen molar-refractivity contribution in [3.05, 3.63) is 39.9 Å². The summed E-state index contributed by atoms with van der Waals surface area (Å²) in [6.07, 6.45) is 6.52. The van der Waals surface area contributed by atoms with Gasteiger partial charge in [-0.05, 0) is 30.5 Å². The zero-order valence-corrected chi connectivity index (χ0v) is 14.9. The number of nitrogens with one attached hydrogen (secondary N) is 2. The molecule has 1 aromatic carbocycles. The molecule has 0 heterocycles. The van der Waals surface area contributed by atoms with E-state index in [1.807, 2.05) is 0 Å². The van der Waals surface area contributed by atoms with Crippen LogP contribution in [0.4, 0.5) is 4.79 Å². The van der Waals surface area contributed by atoms with Crippen molar-refractivity contribution in [3.8, 4) is 0 Å². The molecule has 1 saturated carbocycles. The van der Waals surface area contributed by atoms with Crippen molar-refractivity contribution in [2.24, 2.45) is 0 Å². The van der Waals surface area contributed by atoms with Gasteiger partial charge in [0.15, 0.2) is 6.61 Å². The number of rotatable bonds is 5. The molecule has 3 amide bonds. The van der Waals surface area contributed by atoms with E-state index < -0.39 is 24.5 Å². The van der Waals surface area contributed by atoms with Crippen LogP contribution >= 0.6 is 23.2 Å². The lowest BCUT2D eigenvalue weighted by molar-refractivity contribution is -0.143. The maximum atomic E-state index is 11.6. The molecule has 2 rings (SSSR count). The number of carbonyl (C=O) groups excluding carboxylic acids is 3. The Hall–Kier alpha value is -2.05. The van der Waals surface area contributed by atoms with Crippen LogP contribution < -0.4 is 10.6 Å². The third-order valence-corrected chi connectivity index (χ3v) is 4.50. The first-order valence-corrected chi connectivity index (χ1v) is 8.60. The number of esters is 1. The Labute approximate surface area is 155 Å². The Kier molecular flexibility index (Phi) is 7.28. The number of hydrogen-bond donors (Lipinski definition) is 2. The van der Waals surface area contributed by atoms with E-state index in [1.54, 1.807) is 18.2 Å². The van der Waals surface area contributed by atoms with Gasteiger partial charge in [-0.3, -0.25) is 10.1 Å². The number of halogens is 2. The van der Waals surface area contributed by atoms with Gasteiger partial charge in [0.2, 0.25) is 0 Å². The molecule has 0 radical (unpaired) electrons. The molecule has 0 atom stereocenters. The summed E-state index contributed by atoms with van der Waals surface area (Å²) in [7, 11) is 0. The maximum Gasteiger partial charge on any atom is 0.331 e. The third kappa shape index (κ3) is 6.40. The molecule has 1 fully saturated rings. The van der Waals surface area contributed by atoms with Gasteiger partial charge in [-0.2, -0.15) is 0 Å². The maximum absolute atomic E-state index is 11.6. The normalized spacial score (nSPS) is 14.5. The summed E-state index contributed by atoms with van der Waals surface area (Å²) in [5, 5.41) is 5.51. The Morgan fingerprint density at radius 2 is 1.92 bits per heavy atom. The fourth-order valence-corrected chi connectivity index (χ4v) is 2.82. The van der Waals surface area contributed by atoms with Crippen LogP contribution in [0.1, 0.15) is 31.2 Å². The van der Waals surface area contributed by atoms with Crippen LogP contribution in [0.3, 0.4) is 0 Å². The van der Waals surface area contributed by atoms with Crippen molar-refractivity contribution in [1.29, 1.82) is 0 Å². The number of imide groups is 1. The predicted molar refractivity (Wildman–Crippen MR) is 95.4 cm³/mol. The molecule has 134 valence electrons. The summed E-state index contributed by atoms with van der Waals surface area (Å²) < 4.78 is 4.77. The van der Waals surface area contributed by atoms with Gasteiger partial charge < -0.3 is 10.1 Å². The second kappa shape index (κ2) is 9.44. The molecule has 0 bridgehead atoms. The molecular formula is C17H18Cl2N2O4. The molecule has 0 saturated heterocycles. The van der Waals surface area contributed by atoms with E-state index in [0.717, 1.165) is 31.8 Å². The lowest BCUT2D eigenvalue weighted by Crippen LogP contribution is -2.44. The van der Waals surface area contributed by atoms with Crippen molar-refractivity contribution < 1.29 is 19.1 Å². The highest BCUT2D eigenvalue weighted by Crippen LogP contribution is 2.26. The summed E-state index contributed by atoms with van der Waals surface area (Å²) in [5.74, 6) is -1.43. The number of carbonyl (C=O) groups is 3. The molecule has 2 N–H and O–H groups in total. The van der Waals surface area contributed by atoms with Crippen LogP contribution in [-0.2, 0) is 14.3 Å². The number of urea groups is 1. The topological polar surface area (TPSA) is 84.5 Å². The Balaban J connectivity index is 1.73. The average molecular weight is 385 g/mol. The van der Waals surface area contributed by atoms with Gasteiger partial charge in [0, 0.05) is 12.1 Å². The van der Waals surface area contributed by atoms with Crippen LogP contribution in [0.15, 0.2) is 24.3 Å². The van der Waals surface area contributed by atoms with Crippen molar-refractivity contribution in [3.63, 3.8) is 0 Å². The first kappa shape index (κ1) is 19.3. The lowest BCUT2D eigenvalue weighted by atomic mass is 10.2. The highest BCUT2D eigenvalue weighted by Gasteiger charge is 2.18. The lowest BCUT2D eigenvalue weighted by Gasteiger charge is -2.12. The Morgan fingerprint density at radius 3 is 2.64 bits per heavy atom. The minimum absolute atomic E-state index is 0.0979. The van der Waals surface area contributed by atoms with Gasteiger partial charge in [0.1, 0.15) is 0 Å². The minimum atomic E-state index is -0.734. The van der Waals surface area contributed by atoms with Gasteiger partial charge in [0.05, 0.1) is 10.0 Å². The highest BCUT2D eigenvalue weighted by molar-refractivity contribution is 6.42. The number of amides is 3. The van der Waals surface area contributed by atoms with E-state index >= 15 is 0 Å². The fourth-order valence-electron chi connectivity index (χ4n) is 2.45. The van der Waals surface area contributed by atoms with Gasteiger partial charge >= 0.3 is 12.0 Å². The number of ether oxygens (including phenoxy) is 1. The summed E-state index contributed by atoms with van der Waals surface area (Å²) in [4.78, 5) is 34.8. The van der Waals surface area contributed by atoms with Crippen molar-refractivity contribution >= 4 is 47.2 Å². The average Bonchev–Trinajstić information content (AvgIpc) is 3.07. The summed E-state index contributed by atoms with van der Waals surface area (Å²) in [6, 6.07) is 4.52. The zero-order valence-electron chi connectivity index (χ0n) is 13.4. The minimum Gasteiger partial charge on any atom is -0.452 e. The molecule has 0 aromatic heterocycles. The molecule has 25 heavy (non-hydrogen) atoms. The number of benzene rings is 1. The molecule has 0 aliphatic heterocycles. The van der Waals surface area contributed by atoms with Crippen LogP contribution in [-0.4, -0.2) is 30.6 Å². The summed E-state index contributed by atoms with van der Waals surface area (Å²) in [5.41, 5.74) is 0.548.